The molecule has 0 aliphatic rings. The Labute approximate surface area is 147 Å². The van der Waals surface area contributed by atoms with E-state index in [2.05, 4.69) is 10.6 Å². The molecule has 0 spiro atoms. The minimum absolute atomic E-state index is 0.0687. The molecule has 2 aromatic carbocycles. The highest BCUT2D eigenvalue weighted by atomic mass is 16.5. The van der Waals surface area contributed by atoms with Crippen molar-refractivity contribution in [1.29, 1.82) is 0 Å². The fourth-order valence-corrected chi connectivity index (χ4v) is 2.28. The molecule has 0 aromatic heterocycles. The topological polar surface area (TPSA) is 84.0 Å². The average molecular weight is 342 g/mol. The number of carbonyl (C=O) groups is 2. The Bertz CT molecular complexity index is 712. The van der Waals surface area contributed by atoms with E-state index in [1.807, 2.05) is 36.5 Å². The van der Waals surface area contributed by atoms with Crippen molar-refractivity contribution in [3.63, 3.8) is 0 Å². The molecule has 0 bridgehead atoms. The first-order valence-electron chi connectivity index (χ1n) is 8.12. The van der Waals surface area contributed by atoms with Gasteiger partial charge in [-0.2, -0.15) is 0 Å². The van der Waals surface area contributed by atoms with Crippen LogP contribution in [-0.4, -0.2) is 25.0 Å². The van der Waals surface area contributed by atoms with Crippen molar-refractivity contribution in [2.45, 2.75) is 26.4 Å². The second kappa shape index (κ2) is 8.84. The third kappa shape index (κ3) is 5.93. The highest BCUT2D eigenvalue weighted by Crippen LogP contribution is 2.13. The van der Waals surface area contributed by atoms with E-state index in [4.69, 9.17) is 4.74 Å². The predicted molar refractivity (Wildman–Crippen MR) is 97.5 cm³/mol. The van der Waals surface area contributed by atoms with Crippen LogP contribution in [0.4, 0.5) is 11.4 Å². The monoisotopic (exact) mass is 342 g/mol. The molecule has 0 unspecified atom stereocenters. The van der Waals surface area contributed by atoms with Crippen molar-refractivity contribution < 1.29 is 19.6 Å². The zero-order valence-corrected chi connectivity index (χ0v) is 14.7. The standard InChI is InChI=1S/C19H23N3O3/c1-13(20-12-15-4-10-18(25-3)11-5-15)19(24)22-17-8-6-16(7-9-17)21-14(2)23/h4-11,13,20H,12H2,1-3H3,(H,21,23)(H,22,24)/p+1/t13-/m0/s1. The van der Waals surface area contributed by atoms with Crippen molar-refractivity contribution in [2.75, 3.05) is 17.7 Å². The van der Waals surface area contributed by atoms with Gasteiger partial charge in [-0.15, -0.1) is 0 Å². The van der Waals surface area contributed by atoms with Gasteiger partial charge in [0.2, 0.25) is 5.91 Å². The molecule has 2 rings (SSSR count). The van der Waals surface area contributed by atoms with Gasteiger partial charge in [0.25, 0.3) is 5.91 Å². The Morgan fingerprint density at radius 2 is 1.56 bits per heavy atom. The van der Waals surface area contributed by atoms with Gasteiger partial charge in [-0.25, -0.2) is 0 Å². The Kier molecular flexibility index (Phi) is 6.54. The van der Waals surface area contributed by atoms with Gasteiger partial charge in [-0.3, -0.25) is 9.59 Å². The third-order valence-corrected chi connectivity index (χ3v) is 3.75. The minimum atomic E-state index is -0.225. The summed E-state index contributed by atoms with van der Waals surface area (Å²) >= 11 is 0. The number of carbonyl (C=O) groups excluding carboxylic acids is 2. The lowest BCUT2D eigenvalue weighted by molar-refractivity contribution is -0.688. The van der Waals surface area contributed by atoms with Crippen LogP contribution in [0.3, 0.4) is 0 Å². The Morgan fingerprint density at radius 3 is 2.08 bits per heavy atom. The summed E-state index contributed by atoms with van der Waals surface area (Å²) in [5, 5.41) is 7.54. The largest absolute Gasteiger partial charge is 0.497 e. The van der Waals surface area contributed by atoms with Crippen molar-refractivity contribution in [3.05, 3.63) is 54.1 Å². The Morgan fingerprint density at radius 1 is 1.00 bits per heavy atom. The first-order chi connectivity index (χ1) is 12.0. The first kappa shape index (κ1) is 18.5. The second-order valence-corrected chi connectivity index (χ2v) is 5.82. The minimum Gasteiger partial charge on any atom is -0.497 e. The smallest absolute Gasteiger partial charge is 0.282 e. The first-order valence-corrected chi connectivity index (χ1v) is 8.12. The van der Waals surface area contributed by atoms with Crippen LogP contribution in [0.25, 0.3) is 0 Å². The number of benzene rings is 2. The van der Waals surface area contributed by atoms with Gasteiger partial charge in [0, 0.05) is 23.9 Å². The normalized spacial score (nSPS) is 11.5. The summed E-state index contributed by atoms with van der Waals surface area (Å²) in [6.07, 6.45) is 0. The van der Waals surface area contributed by atoms with E-state index in [1.165, 1.54) is 6.92 Å². The van der Waals surface area contributed by atoms with E-state index in [-0.39, 0.29) is 17.9 Å². The van der Waals surface area contributed by atoms with Crippen LogP contribution in [0, 0.1) is 0 Å². The average Bonchev–Trinajstić information content (AvgIpc) is 2.61. The maximum Gasteiger partial charge on any atom is 0.282 e. The van der Waals surface area contributed by atoms with Crippen LogP contribution in [-0.2, 0) is 16.1 Å². The number of nitrogens with two attached hydrogens (primary N) is 1. The fourth-order valence-electron chi connectivity index (χ4n) is 2.28. The van der Waals surface area contributed by atoms with Gasteiger partial charge in [-0.05, 0) is 55.5 Å². The van der Waals surface area contributed by atoms with Gasteiger partial charge in [-0.1, -0.05) is 0 Å². The SMILES string of the molecule is COc1ccc(C[NH2+][C@@H](C)C(=O)Nc2ccc(NC(C)=O)cc2)cc1. The summed E-state index contributed by atoms with van der Waals surface area (Å²) in [5.41, 5.74) is 2.52. The quantitative estimate of drug-likeness (QED) is 0.717. The molecule has 2 amide bonds. The Hall–Kier alpha value is -2.86. The number of anilines is 2. The van der Waals surface area contributed by atoms with Crippen LogP contribution in [0.2, 0.25) is 0 Å². The summed E-state index contributed by atoms with van der Waals surface area (Å²) in [5.74, 6) is 0.622. The zero-order chi connectivity index (χ0) is 18.2. The number of hydrogen-bond acceptors (Lipinski definition) is 3. The highest BCUT2D eigenvalue weighted by Gasteiger charge is 2.16. The number of quaternary nitrogens is 1. The molecule has 0 aliphatic heterocycles. The summed E-state index contributed by atoms with van der Waals surface area (Å²) in [6, 6.07) is 14.6. The molecule has 0 aliphatic carbocycles. The molecule has 4 N–H and O–H groups in total. The molecule has 0 fully saturated rings. The number of amides is 2. The lowest BCUT2D eigenvalue weighted by Crippen LogP contribution is -2.90. The lowest BCUT2D eigenvalue weighted by Gasteiger charge is -2.12. The summed E-state index contributed by atoms with van der Waals surface area (Å²) < 4.78 is 5.13. The molecule has 0 saturated heterocycles. The summed E-state index contributed by atoms with van der Waals surface area (Å²) in [7, 11) is 1.64. The summed E-state index contributed by atoms with van der Waals surface area (Å²) in [6.45, 7) is 4.03. The molecule has 6 heteroatoms. The van der Waals surface area contributed by atoms with Crippen LogP contribution in [0.15, 0.2) is 48.5 Å². The van der Waals surface area contributed by atoms with E-state index >= 15 is 0 Å². The van der Waals surface area contributed by atoms with Crippen LogP contribution < -0.4 is 20.7 Å². The molecule has 1 atom stereocenters. The number of rotatable bonds is 7. The van der Waals surface area contributed by atoms with E-state index in [1.54, 1.807) is 31.4 Å². The van der Waals surface area contributed by atoms with Gasteiger partial charge in [0.05, 0.1) is 7.11 Å². The van der Waals surface area contributed by atoms with E-state index < -0.39 is 0 Å². The van der Waals surface area contributed by atoms with Gasteiger partial charge >= 0.3 is 0 Å². The van der Waals surface area contributed by atoms with Crippen molar-refractivity contribution in [3.8, 4) is 5.75 Å². The van der Waals surface area contributed by atoms with E-state index in [9.17, 15) is 9.59 Å². The summed E-state index contributed by atoms with van der Waals surface area (Å²) in [4.78, 5) is 23.3. The number of ether oxygens (including phenoxy) is 1. The molecule has 0 saturated carbocycles. The zero-order valence-electron chi connectivity index (χ0n) is 14.7. The molecule has 0 heterocycles. The van der Waals surface area contributed by atoms with E-state index in [0.717, 1.165) is 11.3 Å². The molecule has 6 nitrogen and oxygen atoms in total. The van der Waals surface area contributed by atoms with Crippen molar-refractivity contribution >= 4 is 23.2 Å². The van der Waals surface area contributed by atoms with Gasteiger partial charge < -0.3 is 20.7 Å². The molecule has 2 aromatic rings. The van der Waals surface area contributed by atoms with Gasteiger partial charge in [0.15, 0.2) is 6.04 Å². The molecular formula is C19H24N3O3+. The third-order valence-electron chi connectivity index (χ3n) is 3.75. The number of nitrogens with one attached hydrogen (secondary N) is 2. The molecular weight excluding hydrogens is 318 g/mol. The fraction of sp³-hybridized carbons (Fsp3) is 0.263. The van der Waals surface area contributed by atoms with Crippen LogP contribution >= 0.6 is 0 Å². The predicted octanol–water partition coefficient (Wildman–Crippen LogP) is 1.74. The van der Waals surface area contributed by atoms with Crippen LogP contribution in [0.1, 0.15) is 19.4 Å². The maximum absolute atomic E-state index is 12.3. The van der Waals surface area contributed by atoms with Crippen molar-refractivity contribution in [1.82, 2.24) is 0 Å². The highest BCUT2D eigenvalue weighted by molar-refractivity contribution is 5.94. The van der Waals surface area contributed by atoms with Crippen molar-refractivity contribution in [2.24, 2.45) is 0 Å². The van der Waals surface area contributed by atoms with Crippen LogP contribution in [0.5, 0.6) is 5.75 Å². The van der Waals surface area contributed by atoms with E-state index in [0.29, 0.717) is 17.9 Å². The molecule has 132 valence electrons. The number of hydrogen-bond donors (Lipinski definition) is 3. The number of methoxy groups -OCH3 is 1. The Balaban J connectivity index is 1.83. The molecule has 0 radical (unpaired) electrons. The lowest BCUT2D eigenvalue weighted by atomic mass is 10.2. The van der Waals surface area contributed by atoms with Gasteiger partial charge in [0.1, 0.15) is 12.3 Å². The molecule has 25 heavy (non-hydrogen) atoms. The maximum atomic E-state index is 12.3. The second-order valence-electron chi connectivity index (χ2n) is 5.82.